The first-order valence-corrected chi connectivity index (χ1v) is 17.8. The van der Waals surface area contributed by atoms with Gasteiger partial charge in [-0.1, -0.05) is 56.4 Å². The van der Waals surface area contributed by atoms with Crippen molar-refractivity contribution >= 4 is 52.0 Å². The predicted octanol–water partition coefficient (Wildman–Crippen LogP) is 9.43. The number of ether oxygens (including phenoxy) is 2. The van der Waals surface area contributed by atoms with Crippen LogP contribution in [-0.4, -0.2) is 43.1 Å². The number of hydrogen-bond acceptors (Lipinski definition) is 10. The van der Waals surface area contributed by atoms with E-state index in [4.69, 9.17) is 19.9 Å². The van der Waals surface area contributed by atoms with E-state index in [0.29, 0.717) is 53.1 Å². The largest absolute Gasteiger partial charge is 2.00 e. The van der Waals surface area contributed by atoms with E-state index in [2.05, 4.69) is 69.4 Å². The molecule has 11 nitrogen and oxygen atoms in total. The number of alkyl halides is 3. The molecule has 5 heterocycles. The number of pyridine rings is 4. The van der Waals surface area contributed by atoms with Crippen molar-refractivity contribution in [2.45, 2.75) is 46.7 Å². The molecule has 0 fully saturated rings. The van der Waals surface area contributed by atoms with Gasteiger partial charge in [-0.05, 0) is 84.7 Å². The fraction of sp³-hybridized carbons (Fsp3) is 0.190. The van der Waals surface area contributed by atoms with Gasteiger partial charge in [0.05, 0.1) is 28.3 Å². The number of isothiocyanates is 1. The Balaban J connectivity index is 0.000000250. The number of rotatable bonds is 10. The van der Waals surface area contributed by atoms with E-state index < -0.39 is 11.9 Å². The Kier molecular flexibility index (Phi) is 15.7. The summed E-state index contributed by atoms with van der Waals surface area (Å²) in [6.45, 7) is 9.05. The molecule has 0 amide bonds. The Labute approximate surface area is 349 Å². The number of hydrogen-bond donors (Lipinski definition) is 0. The molecule has 0 radical (unpaired) electrons. The molecule has 296 valence electrons. The van der Waals surface area contributed by atoms with Gasteiger partial charge in [0.15, 0.2) is 0 Å². The molecule has 0 aliphatic rings. The van der Waals surface area contributed by atoms with Gasteiger partial charge in [-0.15, -0.1) is 0 Å². The van der Waals surface area contributed by atoms with Gasteiger partial charge < -0.3 is 25.1 Å². The summed E-state index contributed by atoms with van der Waals surface area (Å²) >= 11 is 3.70. The molecule has 0 bridgehead atoms. The zero-order valence-corrected chi connectivity index (χ0v) is 34.0. The maximum absolute atomic E-state index is 12.7. The van der Waals surface area contributed by atoms with Gasteiger partial charge in [-0.3, -0.25) is 24.5 Å². The average Bonchev–Trinajstić information content (AvgIpc) is 3.69. The van der Waals surface area contributed by atoms with Gasteiger partial charge in [-0.2, -0.15) is 18.3 Å². The van der Waals surface area contributed by atoms with Gasteiger partial charge in [0, 0.05) is 53.1 Å². The van der Waals surface area contributed by atoms with Crippen molar-refractivity contribution in [1.29, 1.82) is 0 Å². The Morgan fingerprint density at radius 1 is 0.862 bits per heavy atom. The summed E-state index contributed by atoms with van der Waals surface area (Å²) in [5.41, 5.74) is 6.07. The molecule has 0 atom stereocenters. The second-order valence-corrected chi connectivity index (χ2v) is 13.1. The Bertz CT molecular complexity index is 2580. The van der Waals surface area contributed by atoms with E-state index in [1.54, 1.807) is 36.7 Å². The van der Waals surface area contributed by atoms with Crippen LogP contribution in [0.3, 0.4) is 0 Å². The minimum atomic E-state index is -4.50. The van der Waals surface area contributed by atoms with E-state index >= 15 is 0 Å². The van der Waals surface area contributed by atoms with E-state index in [9.17, 15) is 22.8 Å². The molecule has 0 unspecified atom stereocenters. The standard InChI is InChI=1S/C25H21N3O4.C16H13F3N3.CNS.Ru/c1-16(2)8-17-9-18-4-3-6-27-25(18)21(10-17)22-12-20(32-15-30)13-24(28-22)23-11-19(31-14-29)5-7-26-23;1-3-10-6-9(2)7-12-11(10)4-5-20-15(12)13-8-14(22-21-13)16(17,18)19;2-1-3;/h3-7,9-16H,8H2,1-2H3;4-8H,3H2,1-2H3;;/q;2*-1;+2. The Morgan fingerprint density at radius 3 is 2.22 bits per heavy atom. The van der Waals surface area contributed by atoms with Crippen molar-refractivity contribution in [3.05, 3.63) is 119 Å². The van der Waals surface area contributed by atoms with Crippen molar-refractivity contribution in [2.75, 3.05) is 0 Å². The summed E-state index contributed by atoms with van der Waals surface area (Å²) in [6.07, 6.45) is 2.09. The summed E-state index contributed by atoms with van der Waals surface area (Å²) < 4.78 is 48.2. The van der Waals surface area contributed by atoms with Gasteiger partial charge in [-0.25, -0.2) is 4.98 Å². The molecule has 0 saturated heterocycles. The molecule has 16 heteroatoms. The van der Waals surface area contributed by atoms with Gasteiger partial charge >= 0.3 is 25.7 Å². The van der Waals surface area contributed by atoms with Crippen LogP contribution in [-0.2, 0) is 48.1 Å². The molecule has 0 aliphatic heterocycles. The molecule has 0 N–H and O–H groups in total. The second kappa shape index (κ2) is 20.4. The minimum absolute atomic E-state index is 0. The van der Waals surface area contributed by atoms with E-state index in [1.165, 1.54) is 16.9 Å². The fourth-order valence-electron chi connectivity index (χ4n) is 6.18. The van der Waals surface area contributed by atoms with E-state index in [-0.39, 0.29) is 25.2 Å². The molecule has 0 spiro atoms. The number of carbonyl (C=O) groups excluding carboxylic acids is 2. The monoisotopic (exact) mass is 891 g/mol. The molecule has 58 heavy (non-hydrogen) atoms. The van der Waals surface area contributed by atoms with Crippen LogP contribution in [0.2, 0.25) is 0 Å². The third-order valence-electron chi connectivity index (χ3n) is 8.41. The molecule has 5 aromatic heterocycles. The Morgan fingerprint density at radius 2 is 1.55 bits per heavy atom. The summed E-state index contributed by atoms with van der Waals surface area (Å²) in [7, 11) is 0. The Hall–Kier alpha value is -6.08. The van der Waals surface area contributed by atoms with Gasteiger partial charge in [0.1, 0.15) is 17.2 Å². The fourth-order valence-corrected chi connectivity index (χ4v) is 6.18. The molecular weight excluding hydrogens is 857 g/mol. The summed E-state index contributed by atoms with van der Waals surface area (Å²) in [4.78, 5) is 39.7. The number of aromatic nitrogens is 6. The third-order valence-corrected chi connectivity index (χ3v) is 8.41. The number of halogens is 3. The smallest absolute Gasteiger partial charge is 0.753 e. The van der Waals surface area contributed by atoms with Crippen molar-refractivity contribution in [3.63, 3.8) is 0 Å². The summed E-state index contributed by atoms with van der Waals surface area (Å²) in [5, 5.41) is 18.1. The van der Waals surface area contributed by atoms with Crippen molar-refractivity contribution in [1.82, 2.24) is 30.1 Å². The first-order chi connectivity index (χ1) is 27.4. The molecule has 7 rings (SSSR count). The van der Waals surface area contributed by atoms with Crippen molar-refractivity contribution < 1.29 is 51.7 Å². The van der Waals surface area contributed by atoms with Gasteiger partial charge in [0.2, 0.25) is 0 Å². The average molecular weight is 891 g/mol. The van der Waals surface area contributed by atoms with Crippen LogP contribution in [0, 0.1) is 12.8 Å². The predicted molar refractivity (Wildman–Crippen MR) is 213 cm³/mol. The van der Waals surface area contributed by atoms with Crippen LogP contribution in [0.5, 0.6) is 11.5 Å². The van der Waals surface area contributed by atoms with Crippen molar-refractivity contribution in [3.8, 4) is 45.5 Å². The quantitative estimate of drug-likeness (QED) is 0.0559. The van der Waals surface area contributed by atoms with Crippen molar-refractivity contribution in [2.24, 2.45) is 5.92 Å². The van der Waals surface area contributed by atoms with E-state index in [0.717, 1.165) is 57.3 Å². The summed E-state index contributed by atoms with van der Waals surface area (Å²) in [5.74, 6) is 1.14. The maximum Gasteiger partial charge on any atom is 2.00 e. The van der Waals surface area contributed by atoms with Crippen LogP contribution >= 0.6 is 12.2 Å². The van der Waals surface area contributed by atoms with Crippen LogP contribution < -0.4 is 14.6 Å². The molecule has 2 aromatic carbocycles. The topological polar surface area (TPSA) is 153 Å². The van der Waals surface area contributed by atoms with Crippen LogP contribution in [0.4, 0.5) is 13.2 Å². The van der Waals surface area contributed by atoms with Crippen LogP contribution in [0.1, 0.15) is 43.2 Å². The minimum Gasteiger partial charge on any atom is -0.753 e. The van der Waals surface area contributed by atoms with Gasteiger partial charge in [0.25, 0.3) is 12.9 Å². The normalized spacial score (nSPS) is 10.7. The second-order valence-electron chi connectivity index (χ2n) is 12.9. The number of benzene rings is 2. The summed E-state index contributed by atoms with van der Waals surface area (Å²) in [6, 6.07) is 21.4. The van der Waals surface area contributed by atoms with Crippen LogP contribution in [0.15, 0.2) is 91.4 Å². The maximum atomic E-state index is 12.7. The number of nitrogens with zero attached hydrogens (tertiary/aromatic N) is 7. The number of carbonyl (C=O) groups is 2. The zero-order valence-electron chi connectivity index (χ0n) is 31.5. The first-order valence-electron chi connectivity index (χ1n) is 17.4. The molecule has 0 aliphatic carbocycles. The molecule has 7 aromatic rings. The van der Waals surface area contributed by atoms with Crippen LogP contribution in [0.25, 0.3) is 61.1 Å². The number of thiocarbonyl (C=S) groups is 1. The molecule has 0 saturated carbocycles. The number of aryl methyl sites for hydroxylation is 2. The third kappa shape index (κ3) is 11.1. The first kappa shape index (κ1) is 44.6. The SMILES string of the molecule is CC(C)Cc1cc(-c2cc(OC=O)cc(-c3cc(OC=O)ccn3)n2)c2ncccc2c1.CCc1cc(C)cc2c(-c3cc(C(F)(F)F)n[n-]3)nccc12.[N-]=C=S.[Ru+2]. The molecular formula is C42H34F3N7O4RuS. The zero-order chi connectivity index (χ0) is 41.1. The number of fused-ring (bicyclic) bond motifs is 2. The van der Waals surface area contributed by atoms with E-state index in [1.807, 2.05) is 38.1 Å².